The van der Waals surface area contributed by atoms with Crippen molar-refractivity contribution in [1.82, 2.24) is 0 Å². The second-order valence-corrected chi connectivity index (χ2v) is 2.94. The first-order chi connectivity index (χ1) is 6.63. The SMILES string of the molecule is Cc1ccc(C=CC(N)=O)c(C#N)c1. The summed E-state index contributed by atoms with van der Waals surface area (Å²) in [7, 11) is 0. The molecule has 1 rings (SSSR count). The first kappa shape index (κ1) is 10.0. The molecule has 2 N–H and O–H groups in total. The predicted octanol–water partition coefficient (Wildman–Crippen LogP) is 1.37. The van der Waals surface area contributed by atoms with Gasteiger partial charge in [0, 0.05) is 6.08 Å². The lowest BCUT2D eigenvalue weighted by molar-refractivity contribution is -0.113. The molecule has 0 radical (unpaired) electrons. The molecule has 0 aromatic heterocycles. The minimum absolute atomic E-state index is 0.519. The molecule has 1 aromatic carbocycles. The predicted molar refractivity (Wildman–Crippen MR) is 54.1 cm³/mol. The normalized spacial score (nSPS) is 10.0. The fourth-order valence-corrected chi connectivity index (χ4v) is 1.08. The Morgan fingerprint density at radius 2 is 2.29 bits per heavy atom. The van der Waals surface area contributed by atoms with Gasteiger partial charge in [0.1, 0.15) is 0 Å². The third kappa shape index (κ3) is 2.46. The van der Waals surface area contributed by atoms with E-state index in [1.165, 1.54) is 6.08 Å². The first-order valence-electron chi connectivity index (χ1n) is 4.12. The lowest BCUT2D eigenvalue weighted by atomic mass is 10.1. The summed E-state index contributed by atoms with van der Waals surface area (Å²) < 4.78 is 0. The second kappa shape index (κ2) is 4.24. The van der Waals surface area contributed by atoms with Gasteiger partial charge >= 0.3 is 0 Å². The van der Waals surface area contributed by atoms with E-state index in [2.05, 4.69) is 6.07 Å². The third-order valence-corrected chi connectivity index (χ3v) is 1.76. The van der Waals surface area contributed by atoms with Gasteiger partial charge in [-0.1, -0.05) is 12.1 Å². The number of carbonyl (C=O) groups excluding carboxylic acids is 1. The number of primary amides is 1. The molecule has 0 aliphatic carbocycles. The highest BCUT2D eigenvalue weighted by Crippen LogP contribution is 2.12. The summed E-state index contributed by atoms with van der Waals surface area (Å²) in [5, 5.41) is 8.81. The van der Waals surface area contributed by atoms with Gasteiger partial charge in [0.05, 0.1) is 11.6 Å². The molecule has 0 atom stereocenters. The van der Waals surface area contributed by atoms with E-state index in [-0.39, 0.29) is 0 Å². The highest BCUT2D eigenvalue weighted by atomic mass is 16.1. The van der Waals surface area contributed by atoms with Crippen molar-refractivity contribution in [1.29, 1.82) is 5.26 Å². The standard InChI is InChI=1S/C11H10N2O/c1-8-2-3-9(4-5-11(13)14)10(6-8)7-12/h2-6H,1H3,(H2,13,14). The molecule has 1 aromatic rings. The maximum absolute atomic E-state index is 10.5. The van der Waals surface area contributed by atoms with Crippen LogP contribution in [0.25, 0.3) is 6.08 Å². The van der Waals surface area contributed by atoms with Crippen LogP contribution in [-0.4, -0.2) is 5.91 Å². The second-order valence-electron chi connectivity index (χ2n) is 2.94. The van der Waals surface area contributed by atoms with Crippen molar-refractivity contribution in [3.63, 3.8) is 0 Å². The van der Waals surface area contributed by atoms with Gasteiger partial charge in [-0.25, -0.2) is 0 Å². The fraction of sp³-hybridized carbons (Fsp3) is 0.0909. The highest BCUT2D eigenvalue weighted by Gasteiger charge is 1.98. The molecule has 0 saturated heterocycles. The Balaban J connectivity index is 3.10. The fourth-order valence-electron chi connectivity index (χ4n) is 1.08. The number of nitrogens with two attached hydrogens (primary N) is 1. The van der Waals surface area contributed by atoms with Crippen molar-refractivity contribution in [2.24, 2.45) is 5.73 Å². The van der Waals surface area contributed by atoms with Crippen LogP contribution in [-0.2, 0) is 4.79 Å². The van der Waals surface area contributed by atoms with E-state index in [9.17, 15) is 4.79 Å². The van der Waals surface area contributed by atoms with E-state index in [1.807, 2.05) is 13.0 Å². The molecular formula is C11H10N2O. The van der Waals surface area contributed by atoms with E-state index in [1.54, 1.807) is 18.2 Å². The largest absolute Gasteiger partial charge is 0.366 e. The Kier molecular flexibility index (Phi) is 3.03. The summed E-state index contributed by atoms with van der Waals surface area (Å²) >= 11 is 0. The Hall–Kier alpha value is -2.08. The number of nitriles is 1. The van der Waals surface area contributed by atoms with Crippen LogP contribution in [0.1, 0.15) is 16.7 Å². The van der Waals surface area contributed by atoms with E-state index >= 15 is 0 Å². The summed E-state index contributed by atoms with van der Waals surface area (Å²) in [5.74, 6) is -0.519. The molecule has 0 fully saturated rings. The zero-order valence-electron chi connectivity index (χ0n) is 7.82. The number of aryl methyl sites for hydroxylation is 1. The number of hydrogen-bond donors (Lipinski definition) is 1. The molecular weight excluding hydrogens is 176 g/mol. The molecule has 0 bridgehead atoms. The van der Waals surface area contributed by atoms with Crippen molar-refractivity contribution >= 4 is 12.0 Å². The summed E-state index contributed by atoms with van der Waals surface area (Å²) in [5.41, 5.74) is 7.21. The molecule has 70 valence electrons. The Labute approximate surface area is 82.5 Å². The number of carbonyl (C=O) groups is 1. The number of benzene rings is 1. The molecule has 0 unspecified atom stereocenters. The minimum Gasteiger partial charge on any atom is -0.366 e. The van der Waals surface area contributed by atoms with Crippen molar-refractivity contribution in [3.8, 4) is 6.07 Å². The van der Waals surface area contributed by atoms with Crippen LogP contribution in [0.2, 0.25) is 0 Å². The van der Waals surface area contributed by atoms with Crippen LogP contribution >= 0.6 is 0 Å². The molecule has 0 heterocycles. The molecule has 0 aliphatic heterocycles. The average Bonchev–Trinajstić information content (AvgIpc) is 2.15. The number of hydrogen-bond acceptors (Lipinski definition) is 2. The maximum Gasteiger partial charge on any atom is 0.241 e. The third-order valence-electron chi connectivity index (χ3n) is 1.76. The van der Waals surface area contributed by atoms with E-state index < -0.39 is 5.91 Å². The Morgan fingerprint density at radius 3 is 2.86 bits per heavy atom. The summed E-state index contributed by atoms with van der Waals surface area (Å²) in [6.45, 7) is 1.91. The first-order valence-corrected chi connectivity index (χ1v) is 4.12. The number of amides is 1. The van der Waals surface area contributed by atoms with Crippen molar-refractivity contribution in [2.75, 3.05) is 0 Å². The molecule has 3 heteroatoms. The number of nitrogens with zero attached hydrogens (tertiary/aromatic N) is 1. The summed E-state index contributed by atoms with van der Waals surface area (Å²) in [6.07, 6.45) is 2.78. The van der Waals surface area contributed by atoms with Gasteiger partial charge in [0.15, 0.2) is 0 Å². The van der Waals surface area contributed by atoms with Crippen molar-refractivity contribution < 1.29 is 4.79 Å². The van der Waals surface area contributed by atoms with E-state index in [4.69, 9.17) is 11.0 Å². The van der Waals surface area contributed by atoms with Gasteiger partial charge in [-0.15, -0.1) is 0 Å². The van der Waals surface area contributed by atoms with Gasteiger partial charge in [0.25, 0.3) is 0 Å². The zero-order valence-corrected chi connectivity index (χ0v) is 7.82. The van der Waals surface area contributed by atoms with Gasteiger partial charge in [-0.05, 0) is 30.2 Å². The monoisotopic (exact) mass is 186 g/mol. The summed E-state index contributed by atoms with van der Waals surface area (Å²) in [4.78, 5) is 10.5. The van der Waals surface area contributed by atoms with Crippen LogP contribution in [0, 0.1) is 18.3 Å². The minimum atomic E-state index is -0.519. The maximum atomic E-state index is 10.5. The smallest absolute Gasteiger partial charge is 0.241 e. The van der Waals surface area contributed by atoms with Crippen LogP contribution in [0.4, 0.5) is 0 Å². The van der Waals surface area contributed by atoms with Crippen molar-refractivity contribution in [3.05, 3.63) is 41.0 Å². The Bertz CT molecular complexity index is 427. The highest BCUT2D eigenvalue weighted by molar-refractivity contribution is 5.90. The lowest BCUT2D eigenvalue weighted by Gasteiger charge is -1.98. The number of rotatable bonds is 2. The molecule has 14 heavy (non-hydrogen) atoms. The summed E-state index contributed by atoms with van der Waals surface area (Å²) in [6, 6.07) is 7.48. The molecule has 0 spiro atoms. The molecule has 3 nitrogen and oxygen atoms in total. The van der Waals surface area contributed by atoms with E-state index in [0.717, 1.165) is 5.56 Å². The molecule has 1 amide bonds. The van der Waals surface area contributed by atoms with Crippen molar-refractivity contribution in [2.45, 2.75) is 6.92 Å². The quantitative estimate of drug-likeness (QED) is 0.708. The van der Waals surface area contributed by atoms with Gasteiger partial charge in [-0.3, -0.25) is 4.79 Å². The van der Waals surface area contributed by atoms with E-state index in [0.29, 0.717) is 11.1 Å². The van der Waals surface area contributed by atoms with Gasteiger partial charge in [0.2, 0.25) is 5.91 Å². The van der Waals surface area contributed by atoms with Crippen LogP contribution in [0.15, 0.2) is 24.3 Å². The van der Waals surface area contributed by atoms with Crippen LogP contribution in [0.3, 0.4) is 0 Å². The van der Waals surface area contributed by atoms with Gasteiger partial charge < -0.3 is 5.73 Å². The van der Waals surface area contributed by atoms with Crippen LogP contribution < -0.4 is 5.73 Å². The zero-order chi connectivity index (χ0) is 10.6. The molecule has 0 aliphatic rings. The van der Waals surface area contributed by atoms with Crippen LogP contribution in [0.5, 0.6) is 0 Å². The average molecular weight is 186 g/mol. The Morgan fingerprint density at radius 1 is 1.57 bits per heavy atom. The van der Waals surface area contributed by atoms with Gasteiger partial charge in [-0.2, -0.15) is 5.26 Å². The molecule has 0 saturated carbocycles. The topological polar surface area (TPSA) is 66.9 Å². The lowest BCUT2D eigenvalue weighted by Crippen LogP contribution is -2.05.